The van der Waals surface area contributed by atoms with Crippen molar-refractivity contribution in [1.29, 1.82) is 0 Å². The second-order valence-corrected chi connectivity index (χ2v) is 4.40. The zero-order valence-electron chi connectivity index (χ0n) is 9.69. The quantitative estimate of drug-likeness (QED) is 0.723. The number of nitrogens with one attached hydrogen (secondary N) is 1. The maximum absolute atomic E-state index is 11.7. The van der Waals surface area contributed by atoms with Gasteiger partial charge in [-0.25, -0.2) is 0 Å². The number of hydrogen-bond acceptors (Lipinski definition) is 3. The van der Waals surface area contributed by atoms with E-state index in [2.05, 4.69) is 5.32 Å². The molecule has 88 valence electrons. The Morgan fingerprint density at radius 3 is 2.25 bits per heavy atom. The Balaban J connectivity index is 2.70. The SMILES string of the molecule is CC(NC(=O)c1ccc(O)cc1)C(C)(C)O. The van der Waals surface area contributed by atoms with Crippen molar-refractivity contribution in [3.8, 4) is 5.75 Å². The monoisotopic (exact) mass is 223 g/mol. The lowest BCUT2D eigenvalue weighted by Gasteiger charge is -2.26. The van der Waals surface area contributed by atoms with Gasteiger partial charge in [0.15, 0.2) is 0 Å². The minimum atomic E-state index is -0.966. The molecule has 0 saturated carbocycles. The fourth-order valence-corrected chi connectivity index (χ4v) is 1.07. The van der Waals surface area contributed by atoms with E-state index in [-0.39, 0.29) is 17.7 Å². The summed E-state index contributed by atoms with van der Waals surface area (Å²) in [6, 6.07) is 5.60. The van der Waals surface area contributed by atoms with Crippen molar-refractivity contribution in [2.45, 2.75) is 32.4 Å². The van der Waals surface area contributed by atoms with E-state index in [4.69, 9.17) is 5.11 Å². The van der Waals surface area contributed by atoms with Crippen molar-refractivity contribution >= 4 is 5.91 Å². The lowest BCUT2D eigenvalue weighted by molar-refractivity contribution is 0.0409. The van der Waals surface area contributed by atoms with Crippen molar-refractivity contribution in [2.24, 2.45) is 0 Å². The molecule has 0 aliphatic carbocycles. The lowest BCUT2D eigenvalue weighted by Crippen LogP contribution is -2.47. The van der Waals surface area contributed by atoms with Crippen LogP contribution in [0.1, 0.15) is 31.1 Å². The maximum Gasteiger partial charge on any atom is 0.251 e. The fourth-order valence-electron chi connectivity index (χ4n) is 1.07. The molecule has 0 saturated heterocycles. The fraction of sp³-hybridized carbons (Fsp3) is 0.417. The Morgan fingerprint density at radius 1 is 1.31 bits per heavy atom. The van der Waals surface area contributed by atoms with Crippen LogP contribution in [-0.4, -0.2) is 27.8 Å². The molecule has 0 radical (unpaired) electrons. The van der Waals surface area contributed by atoms with Crippen LogP contribution in [0.5, 0.6) is 5.75 Å². The molecule has 1 atom stereocenters. The Bertz CT molecular complexity index is 365. The number of carbonyl (C=O) groups excluding carboxylic acids is 1. The van der Waals surface area contributed by atoms with E-state index in [9.17, 15) is 9.90 Å². The molecule has 1 aromatic rings. The van der Waals surface area contributed by atoms with Gasteiger partial charge in [-0.15, -0.1) is 0 Å². The highest BCUT2D eigenvalue weighted by Crippen LogP contribution is 2.11. The lowest BCUT2D eigenvalue weighted by atomic mass is 10.0. The summed E-state index contributed by atoms with van der Waals surface area (Å²) in [4.78, 5) is 11.7. The van der Waals surface area contributed by atoms with Crippen molar-refractivity contribution < 1.29 is 15.0 Å². The molecule has 0 heterocycles. The van der Waals surface area contributed by atoms with E-state index in [1.54, 1.807) is 20.8 Å². The van der Waals surface area contributed by atoms with Gasteiger partial charge >= 0.3 is 0 Å². The van der Waals surface area contributed by atoms with Crippen LogP contribution in [0.25, 0.3) is 0 Å². The normalized spacial score (nSPS) is 13.2. The summed E-state index contributed by atoms with van der Waals surface area (Å²) in [5.41, 5.74) is -0.513. The third-order valence-corrected chi connectivity index (χ3v) is 2.54. The topological polar surface area (TPSA) is 69.6 Å². The number of rotatable bonds is 3. The highest BCUT2D eigenvalue weighted by molar-refractivity contribution is 5.94. The number of phenolic OH excluding ortho intramolecular Hbond substituents is 1. The van der Waals surface area contributed by atoms with Gasteiger partial charge in [-0.1, -0.05) is 0 Å². The first-order valence-electron chi connectivity index (χ1n) is 5.13. The molecule has 0 aliphatic rings. The van der Waals surface area contributed by atoms with Crippen LogP contribution in [0.3, 0.4) is 0 Å². The third-order valence-electron chi connectivity index (χ3n) is 2.54. The number of aliphatic hydroxyl groups is 1. The van der Waals surface area contributed by atoms with Crippen LogP contribution in [-0.2, 0) is 0 Å². The zero-order chi connectivity index (χ0) is 12.3. The second-order valence-electron chi connectivity index (χ2n) is 4.40. The van der Waals surface area contributed by atoms with E-state index in [1.807, 2.05) is 0 Å². The number of amides is 1. The largest absolute Gasteiger partial charge is 0.508 e. The highest BCUT2D eigenvalue weighted by Gasteiger charge is 2.24. The Hall–Kier alpha value is -1.55. The number of benzene rings is 1. The minimum Gasteiger partial charge on any atom is -0.508 e. The van der Waals surface area contributed by atoms with Gasteiger partial charge in [-0.3, -0.25) is 4.79 Å². The summed E-state index contributed by atoms with van der Waals surface area (Å²) < 4.78 is 0. The van der Waals surface area contributed by atoms with Crippen LogP contribution in [0.15, 0.2) is 24.3 Å². The Labute approximate surface area is 94.9 Å². The number of aromatic hydroxyl groups is 1. The van der Waals surface area contributed by atoms with Gasteiger partial charge in [0.25, 0.3) is 5.91 Å². The second kappa shape index (κ2) is 4.53. The molecule has 1 unspecified atom stereocenters. The molecule has 4 heteroatoms. The summed E-state index contributed by atoms with van der Waals surface area (Å²) in [7, 11) is 0. The third kappa shape index (κ3) is 3.24. The number of phenols is 1. The minimum absolute atomic E-state index is 0.118. The summed E-state index contributed by atoms with van der Waals surface area (Å²) in [5, 5.41) is 21.4. The molecule has 0 bridgehead atoms. The van der Waals surface area contributed by atoms with E-state index < -0.39 is 5.60 Å². The molecule has 0 aliphatic heterocycles. The number of carbonyl (C=O) groups is 1. The van der Waals surface area contributed by atoms with Gasteiger partial charge in [0.05, 0.1) is 11.6 Å². The van der Waals surface area contributed by atoms with Crippen LogP contribution in [0.4, 0.5) is 0 Å². The van der Waals surface area contributed by atoms with Crippen molar-refractivity contribution in [3.05, 3.63) is 29.8 Å². The van der Waals surface area contributed by atoms with Gasteiger partial charge in [-0.2, -0.15) is 0 Å². The molecule has 1 aromatic carbocycles. The maximum atomic E-state index is 11.7. The summed E-state index contributed by atoms with van der Waals surface area (Å²) in [5.74, 6) is -0.151. The van der Waals surface area contributed by atoms with Crippen molar-refractivity contribution in [1.82, 2.24) is 5.32 Å². The van der Waals surface area contributed by atoms with E-state index >= 15 is 0 Å². The summed E-state index contributed by atoms with van der Waals surface area (Å²) >= 11 is 0. The molecule has 16 heavy (non-hydrogen) atoms. The Kier molecular flexibility index (Phi) is 3.55. The van der Waals surface area contributed by atoms with Crippen LogP contribution >= 0.6 is 0 Å². The molecule has 0 fully saturated rings. The van der Waals surface area contributed by atoms with Crippen molar-refractivity contribution in [2.75, 3.05) is 0 Å². The van der Waals surface area contributed by atoms with Crippen LogP contribution < -0.4 is 5.32 Å². The standard InChI is InChI=1S/C12H17NO3/c1-8(12(2,3)16)13-11(15)9-4-6-10(14)7-5-9/h4-8,14,16H,1-3H3,(H,13,15). The van der Waals surface area contributed by atoms with Gasteiger partial charge in [0.1, 0.15) is 5.75 Å². The first-order chi connectivity index (χ1) is 7.30. The van der Waals surface area contributed by atoms with Gasteiger partial charge < -0.3 is 15.5 Å². The molecule has 0 aromatic heterocycles. The summed E-state index contributed by atoms with van der Waals surface area (Å²) in [6.45, 7) is 5.00. The van der Waals surface area contributed by atoms with Gasteiger partial charge in [0, 0.05) is 5.56 Å². The molecular weight excluding hydrogens is 206 g/mol. The average Bonchev–Trinajstić information content (AvgIpc) is 2.17. The van der Waals surface area contributed by atoms with Crippen LogP contribution in [0, 0.1) is 0 Å². The first kappa shape index (κ1) is 12.5. The molecule has 1 rings (SSSR count). The van der Waals surface area contributed by atoms with Gasteiger partial charge in [-0.05, 0) is 45.0 Å². The average molecular weight is 223 g/mol. The predicted molar refractivity (Wildman–Crippen MR) is 61.3 cm³/mol. The molecule has 4 nitrogen and oxygen atoms in total. The highest BCUT2D eigenvalue weighted by atomic mass is 16.3. The van der Waals surface area contributed by atoms with Crippen molar-refractivity contribution in [3.63, 3.8) is 0 Å². The van der Waals surface area contributed by atoms with E-state index in [1.165, 1.54) is 24.3 Å². The summed E-state index contributed by atoms with van der Waals surface area (Å²) in [6.07, 6.45) is 0. The molecule has 0 spiro atoms. The molecular formula is C12H17NO3. The predicted octanol–water partition coefficient (Wildman–Crippen LogP) is 1.28. The molecule has 1 amide bonds. The van der Waals surface area contributed by atoms with E-state index in [0.29, 0.717) is 5.56 Å². The van der Waals surface area contributed by atoms with Gasteiger partial charge in [0.2, 0.25) is 0 Å². The first-order valence-corrected chi connectivity index (χ1v) is 5.13. The van der Waals surface area contributed by atoms with Crippen LogP contribution in [0.2, 0.25) is 0 Å². The smallest absolute Gasteiger partial charge is 0.251 e. The zero-order valence-corrected chi connectivity index (χ0v) is 9.69. The van der Waals surface area contributed by atoms with E-state index in [0.717, 1.165) is 0 Å². The molecule has 3 N–H and O–H groups in total. The Morgan fingerprint density at radius 2 is 1.81 bits per heavy atom. The number of hydrogen-bond donors (Lipinski definition) is 3.